The molecule has 0 saturated carbocycles. The fourth-order valence-corrected chi connectivity index (χ4v) is 4.67. The highest BCUT2D eigenvalue weighted by atomic mass is 16.5. The number of carbonyl (C=O) groups excluding carboxylic acids is 1. The lowest BCUT2D eigenvalue weighted by Crippen LogP contribution is -2.08. The SMILES string of the molecule is CN(C)c1ccc(C#Cc2ccc(/C=C(\C#N)C(=O)OCCCCCCCCOc3ccc(-c4ccccc4)cc3)cc2)cc1. The van der Waals surface area contributed by atoms with Gasteiger partial charge in [0.15, 0.2) is 0 Å². The molecule has 5 heteroatoms. The fourth-order valence-electron chi connectivity index (χ4n) is 4.67. The maximum Gasteiger partial charge on any atom is 0.348 e. The first-order valence-corrected chi connectivity index (χ1v) is 15.5. The summed E-state index contributed by atoms with van der Waals surface area (Å²) in [7, 11) is 4.01. The molecular weight excluding hydrogens is 556 g/mol. The van der Waals surface area contributed by atoms with Crippen molar-refractivity contribution < 1.29 is 14.3 Å². The van der Waals surface area contributed by atoms with Gasteiger partial charge in [0.1, 0.15) is 17.4 Å². The highest BCUT2D eigenvalue weighted by molar-refractivity contribution is 5.97. The molecule has 4 rings (SSSR count). The zero-order valence-corrected chi connectivity index (χ0v) is 26.2. The zero-order valence-electron chi connectivity index (χ0n) is 26.2. The molecule has 0 atom stereocenters. The van der Waals surface area contributed by atoms with E-state index in [4.69, 9.17) is 9.47 Å². The molecule has 0 radical (unpaired) electrons. The van der Waals surface area contributed by atoms with Crippen LogP contribution in [0, 0.1) is 23.2 Å². The maximum absolute atomic E-state index is 12.4. The molecule has 228 valence electrons. The van der Waals surface area contributed by atoms with Gasteiger partial charge < -0.3 is 14.4 Å². The van der Waals surface area contributed by atoms with Gasteiger partial charge in [-0.2, -0.15) is 5.26 Å². The molecule has 4 aromatic carbocycles. The van der Waals surface area contributed by atoms with Crippen LogP contribution in [0.4, 0.5) is 5.69 Å². The molecule has 0 bridgehead atoms. The Labute approximate surface area is 267 Å². The Morgan fingerprint density at radius 3 is 1.84 bits per heavy atom. The lowest BCUT2D eigenvalue weighted by atomic mass is 10.1. The maximum atomic E-state index is 12.4. The van der Waals surface area contributed by atoms with Gasteiger partial charge >= 0.3 is 5.97 Å². The van der Waals surface area contributed by atoms with Crippen molar-refractivity contribution in [3.8, 4) is 34.8 Å². The Morgan fingerprint density at radius 2 is 1.24 bits per heavy atom. The Bertz CT molecular complexity index is 1620. The van der Waals surface area contributed by atoms with Crippen molar-refractivity contribution >= 4 is 17.7 Å². The van der Waals surface area contributed by atoms with Gasteiger partial charge in [0.25, 0.3) is 0 Å². The summed E-state index contributed by atoms with van der Waals surface area (Å²) in [5.41, 5.74) is 6.04. The van der Waals surface area contributed by atoms with E-state index in [2.05, 4.69) is 36.1 Å². The normalized spacial score (nSPS) is 10.7. The first-order chi connectivity index (χ1) is 22.0. The highest BCUT2D eigenvalue weighted by Gasteiger charge is 2.10. The van der Waals surface area contributed by atoms with Crippen molar-refractivity contribution in [3.05, 3.63) is 125 Å². The van der Waals surface area contributed by atoms with Gasteiger partial charge in [0.05, 0.1) is 13.2 Å². The number of esters is 1. The van der Waals surface area contributed by atoms with Gasteiger partial charge in [-0.25, -0.2) is 4.79 Å². The second kappa shape index (κ2) is 17.8. The predicted octanol–water partition coefficient (Wildman–Crippen LogP) is 8.69. The molecule has 0 aliphatic carbocycles. The molecule has 0 aliphatic heterocycles. The summed E-state index contributed by atoms with van der Waals surface area (Å²) in [6, 6.07) is 36.0. The minimum atomic E-state index is -0.587. The zero-order chi connectivity index (χ0) is 31.7. The summed E-state index contributed by atoms with van der Waals surface area (Å²) in [5, 5.41) is 9.50. The highest BCUT2D eigenvalue weighted by Crippen LogP contribution is 2.22. The molecule has 45 heavy (non-hydrogen) atoms. The van der Waals surface area contributed by atoms with Gasteiger partial charge in [-0.3, -0.25) is 0 Å². The van der Waals surface area contributed by atoms with Crippen molar-refractivity contribution in [3.63, 3.8) is 0 Å². The number of nitriles is 1. The van der Waals surface area contributed by atoms with E-state index in [0.29, 0.717) is 13.2 Å². The molecule has 0 aliphatic rings. The number of hydrogen-bond donors (Lipinski definition) is 0. The molecule has 4 aromatic rings. The first kappa shape index (κ1) is 32.6. The molecule has 0 spiro atoms. The topological polar surface area (TPSA) is 62.6 Å². The van der Waals surface area contributed by atoms with Crippen molar-refractivity contribution in [2.24, 2.45) is 0 Å². The third-order valence-electron chi connectivity index (χ3n) is 7.30. The Kier molecular flexibility index (Phi) is 12.9. The molecule has 0 aromatic heterocycles. The molecule has 0 saturated heterocycles. The summed E-state index contributed by atoms with van der Waals surface area (Å²) >= 11 is 0. The molecule has 0 amide bonds. The number of unbranched alkanes of at least 4 members (excludes halogenated alkanes) is 5. The van der Waals surface area contributed by atoms with Gasteiger partial charge in [-0.15, -0.1) is 0 Å². The Hall–Kier alpha value is -5.26. The number of ether oxygens (including phenoxy) is 2. The standard InChI is InChI=1S/C40H40N2O3/c1-42(2)38-24-20-33(21-25-38)15-14-32-16-18-34(19-17-32)30-37(31-41)40(43)45-29-11-6-4-3-5-10-28-44-39-26-22-36(23-27-39)35-12-8-7-9-13-35/h7-9,12-13,16-27,30H,3-6,10-11,28-29H2,1-2H3/b37-30+. The average molecular weight is 597 g/mol. The molecule has 0 unspecified atom stereocenters. The summed E-state index contributed by atoms with van der Waals surface area (Å²) in [4.78, 5) is 14.5. The van der Waals surface area contributed by atoms with Gasteiger partial charge in [-0.1, -0.05) is 92.1 Å². The molecule has 0 N–H and O–H groups in total. The van der Waals surface area contributed by atoms with E-state index in [9.17, 15) is 10.1 Å². The average Bonchev–Trinajstić information content (AvgIpc) is 3.08. The van der Waals surface area contributed by atoms with Crippen molar-refractivity contribution in [1.29, 1.82) is 5.26 Å². The summed E-state index contributed by atoms with van der Waals surface area (Å²) < 4.78 is 11.2. The largest absolute Gasteiger partial charge is 0.494 e. The van der Waals surface area contributed by atoms with Gasteiger partial charge in [-0.05, 0) is 84.1 Å². The van der Waals surface area contributed by atoms with E-state index in [1.165, 1.54) is 11.1 Å². The number of anilines is 1. The van der Waals surface area contributed by atoms with Crippen LogP contribution in [0.3, 0.4) is 0 Å². The van der Waals surface area contributed by atoms with Crippen molar-refractivity contribution in [2.75, 3.05) is 32.2 Å². The van der Waals surface area contributed by atoms with Crippen LogP contribution >= 0.6 is 0 Å². The Balaban J connectivity index is 1.08. The van der Waals surface area contributed by atoms with Gasteiger partial charge in [0, 0.05) is 30.9 Å². The second-order valence-electron chi connectivity index (χ2n) is 11.0. The van der Waals surface area contributed by atoms with Crippen LogP contribution < -0.4 is 9.64 Å². The number of benzene rings is 4. The Morgan fingerprint density at radius 1 is 0.689 bits per heavy atom. The first-order valence-electron chi connectivity index (χ1n) is 15.5. The van der Waals surface area contributed by atoms with Crippen LogP contribution in [0.15, 0.2) is 109 Å². The van der Waals surface area contributed by atoms with Crippen LogP contribution in [-0.4, -0.2) is 33.3 Å². The lowest BCUT2D eigenvalue weighted by molar-refractivity contribution is -0.138. The van der Waals surface area contributed by atoms with Crippen LogP contribution in [0.25, 0.3) is 17.2 Å². The van der Waals surface area contributed by atoms with E-state index < -0.39 is 5.97 Å². The fraction of sp³-hybridized carbons (Fsp3) is 0.250. The van der Waals surface area contributed by atoms with Crippen LogP contribution in [0.5, 0.6) is 5.75 Å². The third-order valence-corrected chi connectivity index (χ3v) is 7.30. The quantitative estimate of drug-likeness (QED) is 0.0479. The smallest absolute Gasteiger partial charge is 0.348 e. The molecular formula is C40H40N2O3. The monoisotopic (exact) mass is 596 g/mol. The number of rotatable bonds is 14. The van der Waals surface area contributed by atoms with Gasteiger partial charge in [0.2, 0.25) is 0 Å². The molecule has 0 heterocycles. The van der Waals surface area contributed by atoms with Crippen molar-refractivity contribution in [1.82, 2.24) is 0 Å². The number of hydrogen-bond acceptors (Lipinski definition) is 5. The molecule has 5 nitrogen and oxygen atoms in total. The van der Waals surface area contributed by atoms with Crippen LogP contribution in [0.1, 0.15) is 55.2 Å². The predicted molar refractivity (Wildman–Crippen MR) is 183 cm³/mol. The van der Waals surface area contributed by atoms with E-state index in [0.717, 1.165) is 66.7 Å². The van der Waals surface area contributed by atoms with Crippen molar-refractivity contribution in [2.45, 2.75) is 38.5 Å². The lowest BCUT2D eigenvalue weighted by Gasteiger charge is -2.11. The van der Waals surface area contributed by atoms with Crippen LogP contribution in [-0.2, 0) is 9.53 Å². The van der Waals surface area contributed by atoms with E-state index in [1.54, 1.807) is 6.08 Å². The second-order valence-corrected chi connectivity index (χ2v) is 11.0. The third kappa shape index (κ3) is 11.1. The van der Waals surface area contributed by atoms with Crippen LogP contribution in [0.2, 0.25) is 0 Å². The summed E-state index contributed by atoms with van der Waals surface area (Å²) in [6.45, 7) is 1.01. The summed E-state index contributed by atoms with van der Waals surface area (Å²) in [5.74, 6) is 6.62. The molecule has 0 fully saturated rings. The number of carbonyl (C=O) groups is 1. The number of nitrogens with zero attached hydrogens (tertiary/aromatic N) is 2. The minimum Gasteiger partial charge on any atom is -0.494 e. The van der Waals surface area contributed by atoms with E-state index in [1.807, 2.05) is 104 Å². The summed E-state index contributed by atoms with van der Waals surface area (Å²) in [6.07, 6.45) is 7.58. The van der Waals surface area contributed by atoms with E-state index >= 15 is 0 Å². The minimum absolute atomic E-state index is 0.00970. The van der Waals surface area contributed by atoms with E-state index in [-0.39, 0.29) is 5.57 Å².